The molecule has 0 unspecified atom stereocenters. The fraction of sp³-hybridized carbons (Fsp3) is 0.455. The highest BCUT2D eigenvalue weighted by atomic mass is 16.5. The van der Waals surface area contributed by atoms with Crippen molar-refractivity contribution in [3.63, 3.8) is 0 Å². The predicted molar refractivity (Wildman–Crippen MR) is 105 cm³/mol. The minimum atomic E-state index is -0.140. The van der Waals surface area contributed by atoms with Crippen LogP contribution in [0.25, 0.3) is 0 Å². The van der Waals surface area contributed by atoms with Gasteiger partial charge in [-0.3, -0.25) is 4.79 Å². The molecule has 1 aliphatic carbocycles. The molecule has 1 saturated carbocycles. The number of hydrogen-bond donors (Lipinski definition) is 0. The summed E-state index contributed by atoms with van der Waals surface area (Å²) in [6, 6.07) is 12.4. The third kappa shape index (κ3) is 3.71. The summed E-state index contributed by atoms with van der Waals surface area (Å²) in [5.41, 5.74) is 2.28. The van der Waals surface area contributed by atoms with Gasteiger partial charge in [0.1, 0.15) is 17.4 Å². The lowest BCUT2D eigenvalue weighted by Crippen LogP contribution is -2.35. The van der Waals surface area contributed by atoms with Crippen molar-refractivity contribution >= 4 is 5.69 Å². The highest BCUT2D eigenvalue weighted by molar-refractivity contribution is 5.58. The van der Waals surface area contributed by atoms with Crippen LogP contribution in [-0.2, 0) is 6.54 Å². The first-order valence-electron chi connectivity index (χ1n) is 9.72. The van der Waals surface area contributed by atoms with Crippen LogP contribution < -0.4 is 15.2 Å². The Kier molecular flexibility index (Phi) is 4.89. The van der Waals surface area contributed by atoms with Crippen LogP contribution in [0.4, 0.5) is 5.69 Å². The van der Waals surface area contributed by atoms with Crippen molar-refractivity contribution in [1.82, 2.24) is 4.57 Å². The fourth-order valence-electron chi connectivity index (χ4n) is 3.99. The zero-order valence-corrected chi connectivity index (χ0v) is 15.7. The van der Waals surface area contributed by atoms with Crippen LogP contribution >= 0.6 is 0 Å². The van der Waals surface area contributed by atoms with Crippen molar-refractivity contribution in [3.8, 4) is 11.8 Å². The lowest BCUT2D eigenvalue weighted by atomic mass is 9.89. The normalized spacial score (nSPS) is 17.6. The number of hydrogen-bond acceptors (Lipinski definition) is 4. The van der Waals surface area contributed by atoms with Crippen LogP contribution in [0.3, 0.4) is 0 Å². The molecule has 2 aliphatic rings. The van der Waals surface area contributed by atoms with Gasteiger partial charge in [-0.25, -0.2) is 0 Å². The number of rotatable bonds is 5. The van der Waals surface area contributed by atoms with Crippen LogP contribution in [0.1, 0.15) is 42.7 Å². The Bertz CT molecular complexity index is 899. The lowest BCUT2D eigenvalue weighted by Gasteiger charge is -2.34. The molecule has 5 heteroatoms. The van der Waals surface area contributed by atoms with Gasteiger partial charge in [-0.15, -0.1) is 0 Å². The maximum atomic E-state index is 12.7. The van der Waals surface area contributed by atoms with Gasteiger partial charge in [0.2, 0.25) is 0 Å². The highest BCUT2D eigenvalue weighted by Gasteiger charge is 2.26. The Morgan fingerprint density at radius 3 is 2.41 bits per heavy atom. The average Bonchev–Trinajstić information content (AvgIpc) is 3.54. The summed E-state index contributed by atoms with van der Waals surface area (Å²) in [6.45, 7) is 2.46. The first kappa shape index (κ1) is 17.7. The zero-order chi connectivity index (χ0) is 18.8. The molecule has 4 rings (SSSR count). The first-order chi connectivity index (χ1) is 13.2. The van der Waals surface area contributed by atoms with E-state index < -0.39 is 0 Å². The maximum Gasteiger partial charge on any atom is 0.270 e. The number of anilines is 1. The molecule has 1 aromatic carbocycles. The van der Waals surface area contributed by atoms with E-state index in [0.29, 0.717) is 17.4 Å². The van der Waals surface area contributed by atoms with E-state index in [4.69, 9.17) is 4.74 Å². The summed E-state index contributed by atoms with van der Waals surface area (Å²) in [7, 11) is 1.68. The molecule has 1 aliphatic heterocycles. The summed E-state index contributed by atoms with van der Waals surface area (Å²) < 4.78 is 6.95. The van der Waals surface area contributed by atoms with Crippen molar-refractivity contribution in [2.75, 3.05) is 25.1 Å². The van der Waals surface area contributed by atoms with Crippen molar-refractivity contribution in [3.05, 3.63) is 58.0 Å². The van der Waals surface area contributed by atoms with Gasteiger partial charge in [0.15, 0.2) is 0 Å². The smallest absolute Gasteiger partial charge is 0.270 e. The molecule has 0 bridgehead atoms. The topological polar surface area (TPSA) is 58.3 Å². The van der Waals surface area contributed by atoms with E-state index >= 15 is 0 Å². The molecule has 27 heavy (non-hydrogen) atoms. The molecular formula is C22H25N3O2. The van der Waals surface area contributed by atoms with E-state index in [1.807, 2.05) is 24.4 Å². The number of nitriles is 1. The number of methoxy groups -OCH3 is 1. The summed E-state index contributed by atoms with van der Waals surface area (Å²) >= 11 is 0. The Morgan fingerprint density at radius 2 is 1.81 bits per heavy atom. The molecule has 0 spiro atoms. The number of benzene rings is 1. The van der Waals surface area contributed by atoms with Crippen molar-refractivity contribution in [2.45, 2.75) is 38.1 Å². The third-order valence-corrected chi connectivity index (χ3v) is 5.83. The fourth-order valence-corrected chi connectivity index (χ4v) is 3.99. The van der Waals surface area contributed by atoms with E-state index in [2.05, 4.69) is 23.1 Å². The summed E-state index contributed by atoms with van der Waals surface area (Å²) in [4.78, 5) is 14.9. The second-order valence-electron chi connectivity index (χ2n) is 7.62. The SMILES string of the molecule is COc1ccc(C2CCN(c3ccn(CC4CC4)c(=O)c3C#N)CC2)cc1. The monoisotopic (exact) mass is 363 g/mol. The van der Waals surface area contributed by atoms with Gasteiger partial charge in [-0.05, 0) is 61.3 Å². The van der Waals surface area contributed by atoms with Crippen molar-refractivity contribution in [1.29, 1.82) is 5.26 Å². The van der Waals surface area contributed by atoms with Crippen LogP contribution in [0, 0.1) is 17.2 Å². The minimum Gasteiger partial charge on any atom is -0.497 e. The number of pyridine rings is 1. The number of ether oxygens (including phenoxy) is 1. The summed E-state index contributed by atoms with van der Waals surface area (Å²) in [5.74, 6) is 2.00. The molecule has 1 aromatic heterocycles. The third-order valence-electron chi connectivity index (χ3n) is 5.83. The molecule has 2 fully saturated rings. The van der Waals surface area contributed by atoms with E-state index in [1.165, 1.54) is 18.4 Å². The largest absolute Gasteiger partial charge is 0.497 e. The Labute approximate surface area is 159 Å². The summed E-state index contributed by atoms with van der Waals surface area (Å²) in [6.07, 6.45) is 6.28. The molecule has 0 N–H and O–H groups in total. The summed E-state index contributed by atoms with van der Waals surface area (Å²) in [5, 5.41) is 9.58. The van der Waals surface area contributed by atoms with Gasteiger partial charge in [-0.1, -0.05) is 12.1 Å². The van der Waals surface area contributed by atoms with Crippen LogP contribution in [0.5, 0.6) is 5.75 Å². The quantitative estimate of drug-likeness (QED) is 0.815. The second-order valence-corrected chi connectivity index (χ2v) is 7.62. The number of nitrogens with zero attached hydrogens (tertiary/aromatic N) is 3. The van der Waals surface area contributed by atoms with E-state index in [-0.39, 0.29) is 5.56 Å². The highest BCUT2D eigenvalue weighted by Crippen LogP contribution is 2.33. The molecule has 5 nitrogen and oxygen atoms in total. The van der Waals surface area contributed by atoms with E-state index in [1.54, 1.807) is 11.7 Å². The molecule has 140 valence electrons. The molecule has 0 amide bonds. The lowest BCUT2D eigenvalue weighted by molar-refractivity contribution is 0.414. The van der Waals surface area contributed by atoms with Crippen LogP contribution in [0.15, 0.2) is 41.3 Å². The van der Waals surface area contributed by atoms with Crippen LogP contribution in [-0.4, -0.2) is 24.8 Å². The molecule has 2 aromatic rings. The zero-order valence-electron chi connectivity index (χ0n) is 15.7. The van der Waals surface area contributed by atoms with Gasteiger partial charge in [0.25, 0.3) is 5.56 Å². The van der Waals surface area contributed by atoms with Gasteiger partial charge in [-0.2, -0.15) is 5.26 Å². The van der Waals surface area contributed by atoms with Gasteiger partial charge < -0.3 is 14.2 Å². The van der Waals surface area contributed by atoms with Gasteiger partial charge >= 0.3 is 0 Å². The Morgan fingerprint density at radius 1 is 1.11 bits per heavy atom. The Balaban J connectivity index is 1.48. The van der Waals surface area contributed by atoms with E-state index in [0.717, 1.165) is 43.9 Å². The van der Waals surface area contributed by atoms with Crippen molar-refractivity contribution in [2.24, 2.45) is 5.92 Å². The molecule has 0 atom stereocenters. The first-order valence-corrected chi connectivity index (χ1v) is 9.72. The molecule has 2 heterocycles. The number of piperidine rings is 1. The average molecular weight is 363 g/mol. The maximum absolute atomic E-state index is 12.7. The second kappa shape index (κ2) is 7.48. The number of aromatic nitrogens is 1. The van der Waals surface area contributed by atoms with E-state index in [9.17, 15) is 10.1 Å². The van der Waals surface area contributed by atoms with Gasteiger partial charge in [0, 0.05) is 25.8 Å². The standard InChI is InChI=1S/C22H25N3O2/c1-27-19-6-4-17(5-7-19)18-8-11-24(12-9-18)21-10-13-25(15-16-2-3-16)22(26)20(21)14-23/h4-7,10,13,16,18H,2-3,8-9,11-12,15H2,1H3. The molecular weight excluding hydrogens is 338 g/mol. The Hall–Kier alpha value is -2.74. The molecule has 1 saturated heterocycles. The van der Waals surface area contributed by atoms with Crippen molar-refractivity contribution < 1.29 is 4.74 Å². The minimum absolute atomic E-state index is 0.140. The van der Waals surface area contributed by atoms with Gasteiger partial charge in [0.05, 0.1) is 12.8 Å². The predicted octanol–water partition coefficient (Wildman–Crippen LogP) is 3.52. The molecule has 0 radical (unpaired) electrons. The van der Waals surface area contributed by atoms with Crippen LogP contribution in [0.2, 0.25) is 0 Å².